The van der Waals surface area contributed by atoms with Gasteiger partial charge in [-0.25, -0.2) is 0 Å². The first-order valence-electron chi connectivity index (χ1n) is 10.6. The number of hydrogen-bond acceptors (Lipinski definition) is 5. The molecule has 178 valence electrons. The summed E-state index contributed by atoms with van der Waals surface area (Å²) in [5, 5.41) is 13.5. The molecule has 3 aromatic carbocycles. The quantitative estimate of drug-likeness (QED) is 0.297. The molecule has 35 heavy (non-hydrogen) atoms. The van der Waals surface area contributed by atoms with Gasteiger partial charge < -0.3 is 20.7 Å². The van der Waals surface area contributed by atoms with Gasteiger partial charge in [0.15, 0.2) is 0 Å². The number of fused-ring (bicyclic) bond motifs is 1. The van der Waals surface area contributed by atoms with Gasteiger partial charge in [0.05, 0.1) is 18.3 Å². The van der Waals surface area contributed by atoms with Crippen LogP contribution in [-0.4, -0.2) is 41.7 Å². The van der Waals surface area contributed by atoms with Gasteiger partial charge in [-0.15, -0.1) is 0 Å². The van der Waals surface area contributed by atoms with Gasteiger partial charge in [0.2, 0.25) is 0 Å². The fraction of sp³-hybridized carbons (Fsp3) is 0.120. The van der Waals surface area contributed by atoms with Crippen molar-refractivity contribution in [2.45, 2.75) is 0 Å². The van der Waals surface area contributed by atoms with Crippen LogP contribution in [-0.2, 0) is 7.05 Å². The van der Waals surface area contributed by atoms with E-state index in [4.69, 9.17) is 4.74 Å². The molecule has 3 N–H and O–H groups in total. The van der Waals surface area contributed by atoms with E-state index in [0.29, 0.717) is 33.8 Å². The molecule has 10 heteroatoms. The van der Waals surface area contributed by atoms with E-state index < -0.39 is 0 Å². The summed E-state index contributed by atoms with van der Waals surface area (Å²) in [6, 6.07) is 16.6. The molecule has 0 aliphatic heterocycles. The van der Waals surface area contributed by atoms with Crippen molar-refractivity contribution in [3.05, 3.63) is 81.1 Å². The van der Waals surface area contributed by atoms with E-state index in [0.717, 1.165) is 14.6 Å². The predicted octanol–water partition coefficient (Wildman–Crippen LogP) is 4.05. The monoisotopic (exact) mass is 583 g/mol. The smallest absolute Gasteiger partial charge is 0.255 e. The number of halogens is 1. The number of aryl methyl sites for hydroxylation is 1. The van der Waals surface area contributed by atoms with Crippen LogP contribution >= 0.6 is 22.6 Å². The van der Waals surface area contributed by atoms with E-state index in [9.17, 15) is 14.4 Å². The van der Waals surface area contributed by atoms with Crippen molar-refractivity contribution in [3.8, 4) is 5.75 Å². The Morgan fingerprint density at radius 1 is 0.857 bits per heavy atom. The lowest BCUT2D eigenvalue weighted by Crippen LogP contribution is -2.18. The highest BCUT2D eigenvalue weighted by atomic mass is 127. The molecule has 3 amide bonds. The number of benzene rings is 3. The van der Waals surface area contributed by atoms with Gasteiger partial charge in [0, 0.05) is 41.9 Å². The summed E-state index contributed by atoms with van der Waals surface area (Å²) < 4.78 is 7.94. The van der Waals surface area contributed by atoms with Crippen LogP contribution in [0, 0.1) is 3.70 Å². The van der Waals surface area contributed by atoms with Gasteiger partial charge in [-0.05, 0) is 83.3 Å². The molecule has 0 spiro atoms. The van der Waals surface area contributed by atoms with Crippen molar-refractivity contribution in [1.29, 1.82) is 0 Å². The number of anilines is 2. The van der Waals surface area contributed by atoms with E-state index in [2.05, 4.69) is 43.6 Å². The lowest BCUT2D eigenvalue weighted by molar-refractivity contribution is 0.0960. The van der Waals surface area contributed by atoms with Crippen LogP contribution in [0.15, 0.2) is 60.7 Å². The number of aromatic nitrogens is 2. The maximum Gasteiger partial charge on any atom is 0.255 e. The number of ether oxygens (including phenoxy) is 1. The van der Waals surface area contributed by atoms with E-state index >= 15 is 0 Å². The van der Waals surface area contributed by atoms with Gasteiger partial charge in [-0.2, -0.15) is 5.10 Å². The summed E-state index contributed by atoms with van der Waals surface area (Å²) in [6.07, 6.45) is 0. The molecule has 9 nitrogen and oxygen atoms in total. The summed E-state index contributed by atoms with van der Waals surface area (Å²) in [5.74, 6) is -0.477. The summed E-state index contributed by atoms with van der Waals surface area (Å²) in [6.45, 7) is 0. The lowest BCUT2D eigenvalue weighted by Gasteiger charge is -2.13. The van der Waals surface area contributed by atoms with Crippen LogP contribution in [0.4, 0.5) is 11.4 Å². The number of carbonyl (C=O) groups excluding carboxylic acids is 3. The van der Waals surface area contributed by atoms with Gasteiger partial charge in [-0.3, -0.25) is 19.1 Å². The first kappa shape index (κ1) is 24.2. The highest BCUT2D eigenvalue weighted by Gasteiger charge is 2.15. The highest BCUT2D eigenvalue weighted by molar-refractivity contribution is 14.1. The van der Waals surface area contributed by atoms with Crippen LogP contribution in [0.3, 0.4) is 0 Å². The zero-order valence-corrected chi connectivity index (χ0v) is 21.3. The highest BCUT2D eigenvalue weighted by Crippen LogP contribution is 2.29. The average molecular weight is 583 g/mol. The van der Waals surface area contributed by atoms with Crippen molar-refractivity contribution in [2.75, 3.05) is 24.8 Å². The molecular formula is C25H22IN5O4. The Bertz CT molecular complexity index is 1450. The normalized spacial score (nSPS) is 10.6. The standard InChI is InChI=1S/C25H22IN5O4/c1-27-23(32)14-4-6-15(7-5-14)24(33)29-19-13-17(9-11-21(19)35-3)28-25(34)16-8-10-20-18(12-16)22(26)30-31(20)2/h4-13H,1-3H3,(H,27,32)(H,28,34)(H,29,33). The fourth-order valence-electron chi connectivity index (χ4n) is 3.56. The molecule has 4 rings (SSSR count). The zero-order valence-electron chi connectivity index (χ0n) is 19.2. The van der Waals surface area contributed by atoms with Crippen molar-refractivity contribution < 1.29 is 19.1 Å². The third kappa shape index (κ3) is 5.11. The Hall–Kier alpha value is -3.93. The van der Waals surface area contributed by atoms with E-state index in [-0.39, 0.29) is 17.7 Å². The van der Waals surface area contributed by atoms with Crippen molar-refractivity contribution in [1.82, 2.24) is 15.1 Å². The van der Waals surface area contributed by atoms with Gasteiger partial charge in [0.1, 0.15) is 9.45 Å². The second-order valence-electron chi connectivity index (χ2n) is 7.63. The van der Waals surface area contributed by atoms with Crippen molar-refractivity contribution in [3.63, 3.8) is 0 Å². The SMILES string of the molecule is CNC(=O)c1ccc(C(=O)Nc2cc(NC(=O)c3ccc4c(c3)c(I)nn4C)ccc2OC)cc1. The maximum absolute atomic E-state index is 12.9. The molecule has 0 atom stereocenters. The Kier molecular flexibility index (Phi) is 7.01. The third-order valence-electron chi connectivity index (χ3n) is 5.41. The largest absolute Gasteiger partial charge is 0.495 e. The van der Waals surface area contributed by atoms with E-state index in [1.807, 2.05) is 13.1 Å². The fourth-order valence-corrected chi connectivity index (χ4v) is 4.32. The van der Waals surface area contributed by atoms with Crippen LogP contribution in [0.25, 0.3) is 10.9 Å². The Labute approximate surface area is 215 Å². The minimum Gasteiger partial charge on any atom is -0.495 e. The molecule has 1 aromatic heterocycles. The van der Waals surface area contributed by atoms with Crippen molar-refractivity contribution >= 4 is 62.6 Å². The Morgan fingerprint density at radius 3 is 2.14 bits per heavy atom. The molecule has 0 aliphatic carbocycles. The molecule has 4 aromatic rings. The number of amides is 3. The Morgan fingerprint density at radius 2 is 1.49 bits per heavy atom. The molecule has 0 saturated carbocycles. The van der Waals surface area contributed by atoms with E-state index in [1.54, 1.807) is 66.3 Å². The topological polar surface area (TPSA) is 114 Å². The van der Waals surface area contributed by atoms with Crippen molar-refractivity contribution in [2.24, 2.45) is 7.05 Å². The number of nitrogens with zero attached hydrogens (tertiary/aromatic N) is 2. The minimum atomic E-state index is -0.383. The zero-order chi connectivity index (χ0) is 25.1. The van der Waals surface area contributed by atoms with Gasteiger partial charge >= 0.3 is 0 Å². The molecule has 0 bridgehead atoms. The molecular weight excluding hydrogens is 561 g/mol. The number of carbonyl (C=O) groups is 3. The van der Waals surface area contributed by atoms with Crippen LogP contribution in [0.5, 0.6) is 5.75 Å². The molecule has 0 unspecified atom stereocenters. The van der Waals surface area contributed by atoms with E-state index in [1.165, 1.54) is 7.11 Å². The number of hydrogen-bond donors (Lipinski definition) is 3. The number of rotatable bonds is 6. The average Bonchev–Trinajstić information content (AvgIpc) is 3.16. The summed E-state index contributed by atoms with van der Waals surface area (Å²) in [5.41, 5.74) is 3.12. The number of methoxy groups -OCH3 is 1. The Balaban J connectivity index is 1.53. The third-order valence-corrected chi connectivity index (χ3v) is 6.21. The predicted molar refractivity (Wildman–Crippen MR) is 142 cm³/mol. The summed E-state index contributed by atoms with van der Waals surface area (Å²) in [4.78, 5) is 37.4. The van der Waals surface area contributed by atoms with Crippen LogP contribution < -0.4 is 20.7 Å². The van der Waals surface area contributed by atoms with Gasteiger partial charge in [0.25, 0.3) is 17.7 Å². The second kappa shape index (κ2) is 10.1. The number of nitrogens with one attached hydrogen (secondary N) is 3. The second-order valence-corrected chi connectivity index (χ2v) is 8.65. The van der Waals surface area contributed by atoms with Gasteiger partial charge in [-0.1, -0.05) is 0 Å². The maximum atomic E-state index is 12.9. The molecule has 0 fully saturated rings. The van der Waals surface area contributed by atoms with Crippen LogP contribution in [0.2, 0.25) is 0 Å². The van der Waals surface area contributed by atoms with Crippen LogP contribution in [0.1, 0.15) is 31.1 Å². The summed E-state index contributed by atoms with van der Waals surface area (Å²) >= 11 is 2.14. The molecule has 0 saturated heterocycles. The first-order chi connectivity index (χ1) is 16.8. The lowest BCUT2D eigenvalue weighted by atomic mass is 10.1. The minimum absolute atomic E-state index is 0.237. The molecule has 0 aliphatic rings. The first-order valence-corrected chi connectivity index (χ1v) is 11.6. The molecule has 0 radical (unpaired) electrons. The summed E-state index contributed by atoms with van der Waals surface area (Å²) in [7, 11) is 4.89. The molecule has 1 heterocycles.